The lowest BCUT2D eigenvalue weighted by Gasteiger charge is -2.20. The van der Waals surface area contributed by atoms with Gasteiger partial charge in [0.1, 0.15) is 36.0 Å². The summed E-state index contributed by atoms with van der Waals surface area (Å²) < 4.78 is 24.9. The molecule has 4 heterocycles. The summed E-state index contributed by atoms with van der Waals surface area (Å²) in [4.78, 5) is 19.9. The van der Waals surface area contributed by atoms with E-state index in [4.69, 9.17) is 24.0 Å². The molecule has 178 valence electrons. The van der Waals surface area contributed by atoms with Crippen LogP contribution in [0.1, 0.15) is 11.9 Å². The van der Waals surface area contributed by atoms with Crippen molar-refractivity contribution in [2.45, 2.75) is 12.7 Å². The van der Waals surface area contributed by atoms with E-state index in [0.717, 1.165) is 5.75 Å². The topological polar surface area (TPSA) is 136 Å². The van der Waals surface area contributed by atoms with Crippen LogP contribution in [0.15, 0.2) is 51.9 Å². The number of anilines is 1. The predicted molar refractivity (Wildman–Crippen MR) is 123 cm³/mol. The molecule has 12 nitrogen and oxygen atoms in total. The van der Waals surface area contributed by atoms with Crippen molar-refractivity contribution >= 4 is 17.0 Å². The number of methoxy groups -OCH3 is 1. The van der Waals surface area contributed by atoms with Crippen LogP contribution in [-0.4, -0.2) is 53.2 Å². The summed E-state index contributed by atoms with van der Waals surface area (Å²) >= 11 is 0. The van der Waals surface area contributed by atoms with Gasteiger partial charge in [-0.3, -0.25) is 15.0 Å². The standard InChI is InChI=1S/C22H25N7O5/c1-27-18(16-4-3-10-34-16)25-20-17-19(26-21(23)29(20)27)28(22(30)24-17)9-11-32-14-5-7-15(8-6-14)33-13-12-31-2/h3-8,10,18,23,25H,9,11-13H2,1-2H3,(H,24,30). The molecule has 1 unspecified atom stereocenters. The molecule has 1 atom stereocenters. The number of imidazole rings is 1. The van der Waals surface area contributed by atoms with Crippen molar-refractivity contribution in [3.05, 3.63) is 64.5 Å². The third-order valence-corrected chi connectivity index (χ3v) is 5.56. The third kappa shape index (κ3) is 3.88. The number of furan rings is 1. The van der Waals surface area contributed by atoms with Crippen LogP contribution in [0.3, 0.4) is 0 Å². The maximum absolute atomic E-state index is 12.7. The van der Waals surface area contributed by atoms with Crippen molar-refractivity contribution in [2.75, 3.05) is 44.3 Å². The fourth-order valence-corrected chi connectivity index (χ4v) is 3.92. The average Bonchev–Trinajstić information content (AvgIpc) is 3.54. The fraction of sp³-hybridized carbons (Fsp3) is 0.318. The molecule has 4 aromatic rings. The Kier molecular flexibility index (Phi) is 5.72. The van der Waals surface area contributed by atoms with Gasteiger partial charge < -0.3 is 28.9 Å². The fourth-order valence-electron chi connectivity index (χ4n) is 3.92. The van der Waals surface area contributed by atoms with E-state index in [2.05, 4.69) is 15.3 Å². The number of rotatable bonds is 9. The van der Waals surface area contributed by atoms with Crippen LogP contribution in [0.2, 0.25) is 0 Å². The molecular formula is C22H25N7O5. The number of ether oxygens (including phenoxy) is 3. The Morgan fingerprint density at radius 1 is 1.12 bits per heavy atom. The summed E-state index contributed by atoms with van der Waals surface area (Å²) in [5.41, 5.74) is 0.559. The highest BCUT2D eigenvalue weighted by Gasteiger charge is 2.32. The Labute approximate surface area is 193 Å². The summed E-state index contributed by atoms with van der Waals surface area (Å²) in [6, 6.07) is 10.9. The second-order valence-electron chi connectivity index (χ2n) is 7.67. The SMILES string of the molecule is COCCOc1ccc(OCCn2c(=O)[nH]c3c4n(c(=N)nc32)N(C)C(c2ccco2)N4)cc1. The number of hydrogen-bond donors (Lipinski definition) is 3. The molecular weight excluding hydrogens is 442 g/mol. The van der Waals surface area contributed by atoms with Gasteiger partial charge in [0.05, 0.1) is 19.4 Å². The van der Waals surface area contributed by atoms with Gasteiger partial charge in [-0.05, 0) is 36.4 Å². The van der Waals surface area contributed by atoms with E-state index in [1.165, 1.54) is 4.57 Å². The summed E-state index contributed by atoms with van der Waals surface area (Å²) in [7, 11) is 3.44. The van der Waals surface area contributed by atoms with Gasteiger partial charge in [0.25, 0.3) is 0 Å². The van der Waals surface area contributed by atoms with Gasteiger partial charge in [-0.25, -0.2) is 9.47 Å². The maximum Gasteiger partial charge on any atom is 0.327 e. The molecule has 0 radical (unpaired) electrons. The lowest BCUT2D eigenvalue weighted by atomic mass is 10.3. The molecule has 5 rings (SSSR count). The maximum atomic E-state index is 12.7. The third-order valence-electron chi connectivity index (χ3n) is 5.56. The van der Waals surface area contributed by atoms with Crippen LogP contribution in [0.4, 0.5) is 5.82 Å². The quantitative estimate of drug-likeness (QED) is 0.314. The molecule has 1 aliphatic rings. The number of benzene rings is 1. The van der Waals surface area contributed by atoms with Gasteiger partial charge >= 0.3 is 5.69 Å². The van der Waals surface area contributed by atoms with E-state index in [1.807, 2.05) is 25.2 Å². The van der Waals surface area contributed by atoms with Gasteiger partial charge in [-0.1, -0.05) is 0 Å². The van der Waals surface area contributed by atoms with E-state index in [9.17, 15) is 4.79 Å². The van der Waals surface area contributed by atoms with E-state index >= 15 is 0 Å². The van der Waals surface area contributed by atoms with Gasteiger partial charge in [-0.15, -0.1) is 0 Å². The highest BCUT2D eigenvalue weighted by atomic mass is 16.5. The predicted octanol–water partition coefficient (Wildman–Crippen LogP) is 1.39. The minimum absolute atomic E-state index is 0.00992. The van der Waals surface area contributed by atoms with Crippen LogP contribution in [0.25, 0.3) is 11.2 Å². The summed E-state index contributed by atoms with van der Waals surface area (Å²) in [6.07, 6.45) is 1.26. The second-order valence-corrected chi connectivity index (χ2v) is 7.67. The zero-order valence-corrected chi connectivity index (χ0v) is 18.8. The smallest absolute Gasteiger partial charge is 0.327 e. The molecule has 34 heavy (non-hydrogen) atoms. The average molecular weight is 467 g/mol. The van der Waals surface area contributed by atoms with E-state index in [0.29, 0.717) is 41.7 Å². The Bertz CT molecular complexity index is 1390. The number of nitrogens with zero attached hydrogens (tertiary/aromatic N) is 4. The van der Waals surface area contributed by atoms with Gasteiger partial charge in [0.2, 0.25) is 5.62 Å². The van der Waals surface area contributed by atoms with Gasteiger partial charge in [-0.2, -0.15) is 4.98 Å². The summed E-state index contributed by atoms with van der Waals surface area (Å²) in [5, 5.41) is 13.6. The molecule has 0 saturated heterocycles. The lowest BCUT2D eigenvalue weighted by Crippen LogP contribution is -2.38. The van der Waals surface area contributed by atoms with E-state index in [1.54, 1.807) is 41.3 Å². The molecule has 0 amide bonds. The first-order chi connectivity index (χ1) is 16.6. The lowest BCUT2D eigenvalue weighted by molar-refractivity contribution is 0.146. The van der Waals surface area contributed by atoms with Crippen molar-refractivity contribution < 1.29 is 18.6 Å². The number of H-pyrrole nitrogens is 1. The molecule has 3 N–H and O–H groups in total. The highest BCUT2D eigenvalue weighted by molar-refractivity contribution is 5.84. The largest absolute Gasteiger partial charge is 0.492 e. The number of fused-ring (bicyclic) bond motifs is 3. The molecule has 0 saturated carbocycles. The zero-order chi connectivity index (χ0) is 23.7. The monoisotopic (exact) mass is 467 g/mol. The second kappa shape index (κ2) is 8.98. The zero-order valence-electron chi connectivity index (χ0n) is 18.8. The minimum atomic E-state index is -0.330. The Balaban J connectivity index is 1.32. The van der Waals surface area contributed by atoms with Crippen LogP contribution >= 0.6 is 0 Å². The van der Waals surface area contributed by atoms with Gasteiger partial charge in [0, 0.05) is 14.2 Å². The Hall–Kier alpha value is -4.19. The van der Waals surface area contributed by atoms with Crippen molar-refractivity contribution in [1.82, 2.24) is 19.2 Å². The van der Waals surface area contributed by atoms with Crippen molar-refractivity contribution in [3.8, 4) is 11.5 Å². The van der Waals surface area contributed by atoms with Gasteiger partial charge in [0.15, 0.2) is 17.6 Å². The minimum Gasteiger partial charge on any atom is -0.492 e. The van der Waals surface area contributed by atoms with Crippen molar-refractivity contribution in [3.63, 3.8) is 0 Å². The first kappa shape index (κ1) is 21.6. The number of aromatic nitrogens is 4. The molecule has 3 aromatic heterocycles. The number of hydrogen-bond acceptors (Lipinski definition) is 9. The first-order valence-electron chi connectivity index (χ1n) is 10.7. The van der Waals surface area contributed by atoms with Crippen LogP contribution in [0, 0.1) is 5.41 Å². The molecule has 0 bridgehead atoms. The number of nitrogens with one attached hydrogen (secondary N) is 3. The Morgan fingerprint density at radius 2 is 1.85 bits per heavy atom. The summed E-state index contributed by atoms with van der Waals surface area (Å²) in [5.74, 6) is 2.63. The molecule has 1 aromatic carbocycles. The van der Waals surface area contributed by atoms with Crippen LogP contribution in [0.5, 0.6) is 11.5 Å². The molecule has 0 aliphatic carbocycles. The first-order valence-corrected chi connectivity index (χ1v) is 10.7. The summed E-state index contributed by atoms with van der Waals surface area (Å²) in [6.45, 7) is 1.50. The van der Waals surface area contributed by atoms with Crippen LogP contribution < -0.4 is 31.1 Å². The van der Waals surface area contributed by atoms with Crippen LogP contribution in [-0.2, 0) is 11.3 Å². The molecule has 0 fully saturated rings. The molecule has 0 spiro atoms. The van der Waals surface area contributed by atoms with E-state index in [-0.39, 0.29) is 30.6 Å². The normalized spacial score (nSPS) is 14.9. The van der Waals surface area contributed by atoms with E-state index < -0.39 is 0 Å². The Morgan fingerprint density at radius 3 is 2.53 bits per heavy atom. The molecule has 1 aliphatic heterocycles. The highest BCUT2D eigenvalue weighted by Crippen LogP contribution is 2.31. The van der Waals surface area contributed by atoms with Crippen molar-refractivity contribution in [1.29, 1.82) is 5.41 Å². The van der Waals surface area contributed by atoms with Crippen molar-refractivity contribution in [2.24, 2.45) is 0 Å². The molecule has 12 heteroatoms. The number of aromatic amines is 1.